The Kier molecular flexibility index (Phi) is 3.46. The van der Waals surface area contributed by atoms with Crippen molar-refractivity contribution in [2.24, 2.45) is 7.05 Å². The van der Waals surface area contributed by atoms with Gasteiger partial charge in [-0.2, -0.15) is 5.10 Å². The summed E-state index contributed by atoms with van der Waals surface area (Å²) < 4.78 is 7.23. The molecule has 2 heterocycles. The zero-order valence-electron chi connectivity index (χ0n) is 11.4. The molecular formula is C14H13N5O2. The van der Waals surface area contributed by atoms with Crippen molar-refractivity contribution in [3.05, 3.63) is 48.2 Å². The van der Waals surface area contributed by atoms with Gasteiger partial charge in [0, 0.05) is 7.05 Å². The highest BCUT2D eigenvalue weighted by atomic mass is 16.5. The van der Waals surface area contributed by atoms with Gasteiger partial charge >= 0.3 is 0 Å². The minimum atomic E-state index is 0.184. The molecule has 1 N–H and O–H groups in total. The molecule has 0 amide bonds. The van der Waals surface area contributed by atoms with Gasteiger partial charge in [-0.25, -0.2) is 4.98 Å². The molecule has 0 unspecified atom stereocenters. The normalized spacial score (nSPS) is 10.5. The molecule has 0 saturated heterocycles. The summed E-state index contributed by atoms with van der Waals surface area (Å²) in [6.07, 6.45) is 2.32. The topological polar surface area (TPSA) is 85.7 Å². The van der Waals surface area contributed by atoms with E-state index in [-0.39, 0.29) is 6.61 Å². The van der Waals surface area contributed by atoms with E-state index < -0.39 is 0 Å². The number of aryl methyl sites for hydroxylation is 1. The summed E-state index contributed by atoms with van der Waals surface area (Å²) in [5.41, 5.74) is 1.88. The Morgan fingerprint density at radius 3 is 2.81 bits per heavy atom. The van der Waals surface area contributed by atoms with Crippen LogP contribution in [0, 0.1) is 0 Å². The number of nitrogens with one attached hydrogen (secondary N) is 1. The maximum Gasteiger partial charge on any atom is 0.241 e. The Bertz CT molecular complexity index is 748. The lowest BCUT2D eigenvalue weighted by atomic mass is 10.1. The van der Waals surface area contributed by atoms with Crippen LogP contribution in [0.5, 0.6) is 5.88 Å². The van der Waals surface area contributed by atoms with Gasteiger partial charge in [0.1, 0.15) is 12.0 Å². The SMILES string of the molecule is Cn1cnc(COc2n[nH]c(C=O)c2-c2ccccc2)n1. The summed E-state index contributed by atoms with van der Waals surface area (Å²) in [6, 6.07) is 9.47. The second-order valence-corrected chi connectivity index (χ2v) is 4.42. The molecule has 0 saturated carbocycles. The van der Waals surface area contributed by atoms with Crippen molar-refractivity contribution >= 4 is 6.29 Å². The fourth-order valence-electron chi connectivity index (χ4n) is 1.99. The van der Waals surface area contributed by atoms with Crippen molar-refractivity contribution in [3.8, 4) is 17.0 Å². The minimum absolute atomic E-state index is 0.184. The van der Waals surface area contributed by atoms with E-state index in [1.807, 2.05) is 30.3 Å². The smallest absolute Gasteiger partial charge is 0.241 e. The monoisotopic (exact) mass is 283 g/mol. The molecule has 0 atom stereocenters. The van der Waals surface area contributed by atoms with E-state index in [0.717, 1.165) is 11.8 Å². The molecule has 0 fully saturated rings. The molecule has 21 heavy (non-hydrogen) atoms. The van der Waals surface area contributed by atoms with Crippen molar-refractivity contribution in [1.29, 1.82) is 0 Å². The first kappa shape index (κ1) is 13.0. The Morgan fingerprint density at radius 1 is 1.33 bits per heavy atom. The molecule has 7 heteroatoms. The summed E-state index contributed by atoms with van der Waals surface area (Å²) in [4.78, 5) is 15.2. The van der Waals surface area contributed by atoms with Gasteiger partial charge in [0.2, 0.25) is 5.88 Å². The number of nitrogens with zero attached hydrogens (tertiary/aromatic N) is 4. The highest BCUT2D eigenvalue weighted by Crippen LogP contribution is 2.30. The zero-order valence-corrected chi connectivity index (χ0v) is 11.4. The van der Waals surface area contributed by atoms with Crippen LogP contribution in [0.4, 0.5) is 0 Å². The maximum atomic E-state index is 11.1. The number of rotatable bonds is 5. The van der Waals surface area contributed by atoms with Crippen LogP contribution < -0.4 is 4.74 Å². The van der Waals surface area contributed by atoms with E-state index in [9.17, 15) is 4.79 Å². The molecule has 0 spiro atoms. The number of carbonyl (C=O) groups is 1. The van der Waals surface area contributed by atoms with Crippen LogP contribution in [0.25, 0.3) is 11.1 Å². The average Bonchev–Trinajstić information content (AvgIpc) is 3.11. The van der Waals surface area contributed by atoms with Crippen LogP contribution in [0.1, 0.15) is 16.3 Å². The third kappa shape index (κ3) is 2.66. The van der Waals surface area contributed by atoms with E-state index in [0.29, 0.717) is 23.0 Å². The third-order valence-electron chi connectivity index (χ3n) is 2.93. The Labute approximate surface area is 120 Å². The lowest BCUT2D eigenvalue weighted by molar-refractivity contribution is 0.111. The van der Waals surface area contributed by atoms with Crippen molar-refractivity contribution in [1.82, 2.24) is 25.0 Å². The van der Waals surface area contributed by atoms with Crippen molar-refractivity contribution in [3.63, 3.8) is 0 Å². The predicted octanol–water partition coefficient (Wildman–Crippen LogP) is 1.60. The number of H-pyrrole nitrogens is 1. The van der Waals surface area contributed by atoms with Crippen LogP contribution in [0.15, 0.2) is 36.7 Å². The molecule has 106 valence electrons. The summed E-state index contributed by atoms with van der Waals surface area (Å²) in [7, 11) is 1.78. The lowest BCUT2D eigenvalue weighted by Crippen LogP contribution is -2.00. The fourth-order valence-corrected chi connectivity index (χ4v) is 1.99. The van der Waals surface area contributed by atoms with Gasteiger partial charge in [0.15, 0.2) is 18.7 Å². The van der Waals surface area contributed by atoms with Crippen molar-refractivity contribution in [2.75, 3.05) is 0 Å². The van der Waals surface area contributed by atoms with Gasteiger partial charge in [0.25, 0.3) is 0 Å². The van der Waals surface area contributed by atoms with Gasteiger partial charge in [-0.1, -0.05) is 30.3 Å². The molecule has 0 aliphatic rings. The van der Waals surface area contributed by atoms with Gasteiger partial charge < -0.3 is 4.74 Å². The molecule has 2 aromatic heterocycles. The number of aldehydes is 1. The first-order chi connectivity index (χ1) is 10.3. The summed E-state index contributed by atoms with van der Waals surface area (Å²) in [5, 5.41) is 10.8. The number of aromatic amines is 1. The molecule has 0 aliphatic carbocycles. The van der Waals surface area contributed by atoms with E-state index in [4.69, 9.17) is 4.74 Å². The minimum Gasteiger partial charge on any atom is -0.468 e. The molecule has 0 radical (unpaired) electrons. The number of hydrogen-bond donors (Lipinski definition) is 1. The van der Waals surface area contributed by atoms with E-state index in [1.54, 1.807) is 18.1 Å². The molecule has 0 bridgehead atoms. The molecule has 0 aliphatic heterocycles. The highest BCUT2D eigenvalue weighted by Gasteiger charge is 2.16. The average molecular weight is 283 g/mol. The molecule has 7 nitrogen and oxygen atoms in total. The van der Waals surface area contributed by atoms with Gasteiger partial charge in [-0.3, -0.25) is 14.6 Å². The highest BCUT2D eigenvalue weighted by molar-refractivity contribution is 5.87. The molecular weight excluding hydrogens is 270 g/mol. The third-order valence-corrected chi connectivity index (χ3v) is 2.93. The number of carbonyl (C=O) groups excluding carboxylic acids is 1. The second-order valence-electron chi connectivity index (χ2n) is 4.42. The Balaban J connectivity index is 1.89. The van der Waals surface area contributed by atoms with Crippen LogP contribution in [0.2, 0.25) is 0 Å². The number of hydrogen-bond acceptors (Lipinski definition) is 5. The van der Waals surface area contributed by atoms with Crippen molar-refractivity contribution in [2.45, 2.75) is 6.61 Å². The fraction of sp³-hybridized carbons (Fsp3) is 0.143. The standard InChI is InChI=1S/C14H13N5O2/c1-19-9-15-12(18-19)8-21-14-13(11(7-20)16-17-14)10-5-3-2-4-6-10/h2-7,9H,8H2,1H3,(H,16,17). The van der Waals surface area contributed by atoms with E-state index in [1.165, 1.54) is 0 Å². The second kappa shape index (κ2) is 5.58. The summed E-state index contributed by atoms with van der Waals surface area (Å²) >= 11 is 0. The number of ether oxygens (including phenoxy) is 1. The van der Waals surface area contributed by atoms with Crippen LogP contribution in [0.3, 0.4) is 0 Å². The largest absolute Gasteiger partial charge is 0.468 e. The zero-order chi connectivity index (χ0) is 14.7. The maximum absolute atomic E-state index is 11.1. The van der Waals surface area contributed by atoms with E-state index in [2.05, 4.69) is 20.3 Å². The Morgan fingerprint density at radius 2 is 2.14 bits per heavy atom. The summed E-state index contributed by atoms with van der Waals surface area (Å²) in [5.74, 6) is 0.905. The molecule has 3 rings (SSSR count). The first-order valence-electron chi connectivity index (χ1n) is 6.34. The van der Waals surface area contributed by atoms with Crippen LogP contribution >= 0.6 is 0 Å². The van der Waals surface area contributed by atoms with E-state index >= 15 is 0 Å². The lowest BCUT2D eigenvalue weighted by Gasteiger charge is -2.04. The first-order valence-corrected chi connectivity index (χ1v) is 6.34. The Hall–Kier alpha value is -2.96. The number of aromatic nitrogens is 5. The van der Waals surface area contributed by atoms with Gasteiger partial charge in [-0.05, 0) is 5.56 Å². The molecule has 3 aromatic rings. The van der Waals surface area contributed by atoms with Crippen LogP contribution in [-0.4, -0.2) is 31.2 Å². The van der Waals surface area contributed by atoms with Crippen LogP contribution in [-0.2, 0) is 13.7 Å². The predicted molar refractivity (Wildman–Crippen MR) is 74.7 cm³/mol. The number of benzene rings is 1. The quantitative estimate of drug-likeness (QED) is 0.719. The van der Waals surface area contributed by atoms with Gasteiger partial charge in [0.05, 0.1) is 5.56 Å². The van der Waals surface area contributed by atoms with Gasteiger partial charge in [-0.15, -0.1) is 5.10 Å². The summed E-state index contributed by atoms with van der Waals surface area (Å²) in [6.45, 7) is 0.184. The molecule has 1 aromatic carbocycles. The van der Waals surface area contributed by atoms with Crippen molar-refractivity contribution < 1.29 is 9.53 Å².